The molecule has 0 aliphatic heterocycles. The molecule has 0 atom stereocenters. The van der Waals surface area contributed by atoms with E-state index in [0.29, 0.717) is 40.0 Å². The lowest BCUT2D eigenvalue weighted by Crippen LogP contribution is -2.10. The number of aldehydes is 1. The van der Waals surface area contributed by atoms with Crippen molar-refractivity contribution in [1.82, 2.24) is 0 Å². The monoisotopic (exact) mass is 434 g/mol. The number of ether oxygens (including phenoxy) is 3. The normalized spacial score (nSPS) is 10.3. The molecule has 0 fully saturated rings. The van der Waals surface area contributed by atoms with Crippen LogP contribution in [0, 0.1) is 0 Å². The third-order valence-corrected chi connectivity index (χ3v) is 4.57. The minimum absolute atomic E-state index is 0.250. The van der Waals surface area contributed by atoms with Gasteiger partial charge in [0.1, 0.15) is 12.0 Å². The largest absolute Gasteiger partial charge is 0.493 e. The van der Waals surface area contributed by atoms with Crippen molar-refractivity contribution >= 4 is 28.2 Å². The number of methoxy groups -OCH3 is 1. The summed E-state index contributed by atoms with van der Waals surface area (Å²) < 4.78 is 17.0. The average molecular weight is 435 g/mol. The van der Waals surface area contributed by atoms with E-state index in [2.05, 4.69) is 22.9 Å². The van der Waals surface area contributed by atoms with Crippen LogP contribution < -0.4 is 14.2 Å². The van der Waals surface area contributed by atoms with Gasteiger partial charge in [0.25, 0.3) is 0 Å². The van der Waals surface area contributed by atoms with Crippen molar-refractivity contribution < 1.29 is 23.8 Å². The fourth-order valence-electron chi connectivity index (χ4n) is 2.46. The van der Waals surface area contributed by atoms with Crippen LogP contribution in [0.3, 0.4) is 0 Å². The standard InChI is InChI=1S/C21H23BrO5/c1-3-4-5-6-11-26-18-10-8-16(13-17(18)22)21(24)27-19-9-7-15(14-23)12-20(19)25-2/h7-10,12-14H,3-6,11H2,1-2H3. The van der Waals surface area contributed by atoms with Crippen molar-refractivity contribution in [2.45, 2.75) is 32.6 Å². The Balaban J connectivity index is 2.02. The molecule has 0 aliphatic carbocycles. The van der Waals surface area contributed by atoms with Crippen molar-refractivity contribution in [2.75, 3.05) is 13.7 Å². The molecule has 0 heterocycles. The Morgan fingerprint density at radius 3 is 2.48 bits per heavy atom. The Labute approximate surface area is 167 Å². The molecule has 0 saturated carbocycles. The van der Waals surface area contributed by atoms with Gasteiger partial charge in [-0.1, -0.05) is 26.2 Å². The van der Waals surface area contributed by atoms with E-state index in [1.807, 2.05) is 0 Å². The highest BCUT2D eigenvalue weighted by Crippen LogP contribution is 2.30. The van der Waals surface area contributed by atoms with Gasteiger partial charge < -0.3 is 14.2 Å². The van der Waals surface area contributed by atoms with E-state index < -0.39 is 5.97 Å². The molecule has 0 bridgehead atoms. The summed E-state index contributed by atoms with van der Waals surface area (Å²) in [6, 6.07) is 9.66. The Kier molecular flexibility index (Phi) is 8.33. The molecule has 0 aliphatic rings. The number of carbonyl (C=O) groups is 2. The molecule has 0 unspecified atom stereocenters. The summed E-state index contributed by atoms with van der Waals surface area (Å²) >= 11 is 3.43. The molecule has 27 heavy (non-hydrogen) atoms. The smallest absolute Gasteiger partial charge is 0.343 e. The molecule has 2 aromatic carbocycles. The second-order valence-corrected chi connectivity index (χ2v) is 6.83. The van der Waals surface area contributed by atoms with E-state index in [-0.39, 0.29) is 5.75 Å². The van der Waals surface area contributed by atoms with Crippen molar-refractivity contribution in [2.24, 2.45) is 0 Å². The molecule has 6 heteroatoms. The maximum atomic E-state index is 12.4. The van der Waals surface area contributed by atoms with Gasteiger partial charge in [0, 0.05) is 5.56 Å². The van der Waals surface area contributed by atoms with E-state index in [1.165, 1.54) is 32.1 Å². The molecule has 0 N–H and O–H groups in total. The Hall–Kier alpha value is -2.34. The number of halogens is 1. The fraction of sp³-hybridized carbons (Fsp3) is 0.333. The summed E-state index contributed by atoms with van der Waals surface area (Å²) in [5.41, 5.74) is 0.816. The van der Waals surface area contributed by atoms with Crippen molar-refractivity contribution in [3.63, 3.8) is 0 Å². The maximum Gasteiger partial charge on any atom is 0.343 e. The fourth-order valence-corrected chi connectivity index (χ4v) is 2.95. The van der Waals surface area contributed by atoms with Crippen LogP contribution in [0.5, 0.6) is 17.2 Å². The number of rotatable bonds is 10. The highest BCUT2D eigenvalue weighted by molar-refractivity contribution is 9.10. The summed E-state index contributed by atoms with van der Waals surface area (Å²) in [6.07, 6.45) is 5.23. The third kappa shape index (κ3) is 6.10. The van der Waals surface area contributed by atoms with Crippen molar-refractivity contribution in [3.05, 3.63) is 52.0 Å². The van der Waals surface area contributed by atoms with Crippen LogP contribution in [0.2, 0.25) is 0 Å². The van der Waals surface area contributed by atoms with Crippen LogP contribution in [0.1, 0.15) is 53.3 Å². The zero-order valence-corrected chi connectivity index (χ0v) is 17.1. The predicted octanol–water partition coefficient (Wildman–Crippen LogP) is 5.45. The average Bonchev–Trinajstić information content (AvgIpc) is 2.69. The molecule has 2 rings (SSSR count). The van der Waals surface area contributed by atoms with Gasteiger partial charge in [0.05, 0.1) is 23.8 Å². The maximum absolute atomic E-state index is 12.4. The lowest BCUT2D eigenvalue weighted by Gasteiger charge is -2.11. The molecule has 2 aromatic rings. The van der Waals surface area contributed by atoms with Crippen molar-refractivity contribution in [3.8, 4) is 17.2 Å². The van der Waals surface area contributed by atoms with Gasteiger partial charge in [0.15, 0.2) is 11.5 Å². The number of unbranched alkanes of at least 4 members (excludes halogenated alkanes) is 3. The van der Waals surface area contributed by atoms with Crippen LogP contribution in [0.4, 0.5) is 0 Å². The van der Waals surface area contributed by atoms with Gasteiger partial charge in [0.2, 0.25) is 0 Å². The molecule has 0 amide bonds. The van der Waals surface area contributed by atoms with Crippen LogP contribution in [-0.2, 0) is 0 Å². The molecule has 5 nitrogen and oxygen atoms in total. The summed E-state index contributed by atoms with van der Waals surface area (Å²) in [4.78, 5) is 23.3. The number of carbonyl (C=O) groups excluding carboxylic acids is 2. The number of hydrogen-bond acceptors (Lipinski definition) is 5. The van der Waals surface area contributed by atoms with Crippen LogP contribution in [0.15, 0.2) is 40.9 Å². The van der Waals surface area contributed by atoms with Gasteiger partial charge in [-0.15, -0.1) is 0 Å². The molecule has 144 valence electrons. The van der Waals surface area contributed by atoms with E-state index in [4.69, 9.17) is 14.2 Å². The molecule has 0 spiro atoms. The van der Waals surface area contributed by atoms with E-state index in [1.54, 1.807) is 24.3 Å². The zero-order valence-electron chi connectivity index (χ0n) is 15.5. The Bertz CT molecular complexity index is 788. The zero-order chi connectivity index (χ0) is 19.6. The van der Waals surface area contributed by atoms with Crippen LogP contribution in [0.25, 0.3) is 0 Å². The number of esters is 1. The first-order chi connectivity index (χ1) is 13.1. The third-order valence-electron chi connectivity index (χ3n) is 3.95. The lowest BCUT2D eigenvalue weighted by atomic mass is 10.2. The Morgan fingerprint density at radius 1 is 1.04 bits per heavy atom. The van der Waals surface area contributed by atoms with E-state index >= 15 is 0 Å². The quantitative estimate of drug-likeness (QED) is 0.215. The Morgan fingerprint density at radius 2 is 1.81 bits per heavy atom. The summed E-state index contributed by atoms with van der Waals surface area (Å²) in [6.45, 7) is 2.81. The molecule has 0 aromatic heterocycles. The second kappa shape index (κ2) is 10.7. The molecule has 0 radical (unpaired) electrons. The lowest BCUT2D eigenvalue weighted by molar-refractivity contribution is 0.0729. The van der Waals surface area contributed by atoms with Gasteiger partial charge in [-0.05, 0) is 58.7 Å². The summed E-state index contributed by atoms with van der Waals surface area (Å²) in [5, 5.41) is 0. The van der Waals surface area contributed by atoms with E-state index in [0.717, 1.165) is 12.8 Å². The molecule has 0 saturated heterocycles. The van der Waals surface area contributed by atoms with Gasteiger partial charge >= 0.3 is 5.97 Å². The highest BCUT2D eigenvalue weighted by atomic mass is 79.9. The highest BCUT2D eigenvalue weighted by Gasteiger charge is 2.15. The first-order valence-corrected chi connectivity index (χ1v) is 9.66. The van der Waals surface area contributed by atoms with E-state index in [9.17, 15) is 9.59 Å². The predicted molar refractivity (Wildman–Crippen MR) is 107 cm³/mol. The topological polar surface area (TPSA) is 61.8 Å². The van der Waals surface area contributed by atoms with Gasteiger partial charge in [-0.2, -0.15) is 0 Å². The molecular weight excluding hydrogens is 412 g/mol. The minimum atomic E-state index is -0.526. The molecular formula is C21H23BrO5. The number of hydrogen-bond donors (Lipinski definition) is 0. The summed E-state index contributed by atoms with van der Waals surface area (Å²) in [5.74, 6) is 0.734. The SMILES string of the molecule is CCCCCCOc1ccc(C(=O)Oc2ccc(C=O)cc2OC)cc1Br. The van der Waals surface area contributed by atoms with Gasteiger partial charge in [-0.25, -0.2) is 4.79 Å². The van der Waals surface area contributed by atoms with Crippen LogP contribution >= 0.6 is 15.9 Å². The van der Waals surface area contributed by atoms with Crippen molar-refractivity contribution in [1.29, 1.82) is 0 Å². The summed E-state index contributed by atoms with van der Waals surface area (Å²) in [7, 11) is 1.45. The van der Waals surface area contributed by atoms with Crippen LogP contribution in [-0.4, -0.2) is 26.0 Å². The first kappa shape index (κ1) is 21.0. The first-order valence-electron chi connectivity index (χ1n) is 8.86. The number of benzene rings is 2. The van der Waals surface area contributed by atoms with Gasteiger partial charge in [-0.3, -0.25) is 4.79 Å². The second-order valence-electron chi connectivity index (χ2n) is 5.97. The minimum Gasteiger partial charge on any atom is -0.493 e.